The molecule has 2 heterocycles. The highest BCUT2D eigenvalue weighted by Crippen LogP contribution is 2.23. The summed E-state index contributed by atoms with van der Waals surface area (Å²) in [6, 6.07) is -0.390. The number of H-pyrrole nitrogens is 1. The number of unbranched alkanes of at least 4 members (excludes halogenated alkanes) is 1. The SMILES string of the molecule is CCCCc1nc(Cl)c(CN2CCC[C@H]2C(=O)O)[nH]1. The van der Waals surface area contributed by atoms with Crippen molar-refractivity contribution in [1.82, 2.24) is 14.9 Å². The lowest BCUT2D eigenvalue weighted by molar-refractivity contribution is -0.142. The van der Waals surface area contributed by atoms with Crippen LogP contribution in [0.1, 0.15) is 44.1 Å². The van der Waals surface area contributed by atoms with E-state index in [1.54, 1.807) is 0 Å². The van der Waals surface area contributed by atoms with Crippen LogP contribution in [0.2, 0.25) is 5.15 Å². The van der Waals surface area contributed by atoms with Crippen LogP contribution in [0.15, 0.2) is 0 Å². The normalized spacial score (nSPS) is 20.0. The number of hydrogen-bond donors (Lipinski definition) is 2. The molecule has 5 nitrogen and oxygen atoms in total. The first-order valence-electron chi connectivity index (χ1n) is 6.82. The van der Waals surface area contributed by atoms with Crippen LogP contribution in [-0.2, 0) is 17.8 Å². The molecule has 0 aromatic carbocycles. The van der Waals surface area contributed by atoms with Crippen molar-refractivity contribution in [2.45, 2.75) is 51.6 Å². The summed E-state index contributed by atoms with van der Waals surface area (Å²) in [7, 11) is 0. The second-order valence-electron chi connectivity index (χ2n) is 5.02. The Balaban J connectivity index is 2.02. The highest BCUT2D eigenvalue weighted by Gasteiger charge is 2.31. The number of nitrogens with zero attached hydrogens (tertiary/aromatic N) is 2. The summed E-state index contributed by atoms with van der Waals surface area (Å²) in [4.78, 5) is 20.6. The van der Waals surface area contributed by atoms with Crippen LogP contribution in [0.3, 0.4) is 0 Å². The maximum Gasteiger partial charge on any atom is 0.320 e. The van der Waals surface area contributed by atoms with E-state index in [0.29, 0.717) is 18.1 Å². The molecule has 2 rings (SSSR count). The van der Waals surface area contributed by atoms with E-state index in [0.717, 1.165) is 43.7 Å². The second-order valence-corrected chi connectivity index (χ2v) is 5.38. The number of aromatic amines is 1. The monoisotopic (exact) mass is 285 g/mol. The van der Waals surface area contributed by atoms with Crippen molar-refractivity contribution in [1.29, 1.82) is 0 Å². The molecular formula is C13H20ClN3O2. The van der Waals surface area contributed by atoms with Gasteiger partial charge in [0.1, 0.15) is 11.9 Å². The Morgan fingerprint density at radius 3 is 3.11 bits per heavy atom. The third kappa shape index (κ3) is 3.48. The molecule has 0 aliphatic carbocycles. The van der Waals surface area contributed by atoms with Gasteiger partial charge in [-0.3, -0.25) is 9.69 Å². The van der Waals surface area contributed by atoms with E-state index in [-0.39, 0.29) is 0 Å². The number of aliphatic carboxylic acids is 1. The summed E-state index contributed by atoms with van der Waals surface area (Å²) in [6.07, 6.45) is 4.71. The smallest absolute Gasteiger partial charge is 0.320 e. The standard InChI is InChI=1S/C13H20ClN3O2/c1-2-3-6-11-15-9(12(14)16-11)8-17-7-4-5-10(17)13(18)19/h10H,2-8H2,1H3,(H,15,16)(H,18,19)/t10-/m0/s1. The minimum atomic E-state index is -0.751. The first-order chi connectivity index (χ1) is 9.11. The molecule has 6 heteroatoms. The number of likely N-dealkylation sites (tertiary alicyclic amines) is 1. The van der Waals surface area contributed by atoms with E-state index in [1.165, 1.54) is 0 Å². The zero-order valence-corrected chi connectivity index (χ0v) is 11.9. The minimum Gasteiger partial charge on any atom is -0.480 e. The van der Waals surface area contributed by atoms with Gasteiger partial charge in [-0.2, -0.15) is 0 Å². The van der Waals surface area contributed by atoms with E-state index < -0.39 is 12.0 Å². The Morgan fingerprint density at radius 1 is 1.63 bits per heavy atom. The number of nitrogens with one attached hydrogen (secondary N) is 1. The lowest BCUT2D eigenvalue weighted by atomic mass is 10.2. The summed E-state index contributed by atoms with van der Waals surface area (Å²) < 4.78 is 0. The summed E-state index contributed by atoms with van der Waals surface area (Å²) in [6.45, 7) is 3.47. The predicted octanol–water partition coefficient (Wildman–Crippen LogP) is 2.45. The molecule has 19 heavy (non-hydrogen) atoms. The Hall–Kier alpha value is -1.07. The molecule has 106 valence electrons. The van der Waals surface area contributed by atoms with Gasteiger partial charge in [-0.15, -0.1) is 0 Å². The molecule has 1 atom stereocenters. The van der Waals surface area contributed by atoms with Crippen molar-refractivity contribution in [3.8, 4) is 0 Å². The quantitative estimate of drug-likeness (QED) is 0.842. The molecule has 2 N–H and O–H groups in total. The molecule has 1 saturated heterocycles. The molecule has 1 fully saturated rings. The molecule has 0 radical (unpaired) electrons. The summed E-state index contributed by atoms with van der Waals surface area (Å²) in [5, 5.41) is 9.63. The molecule has 1 aromatic rings. The molecular weight excluding hydrogens is 266 g/mol. The van der Waals surface area contributed by atoms with Crippen molar-refractivity contribution >= 4 is 17.6 Å². The minimum absolute atomic E-state index is 0.390. The molecule has 1 aromatic heterocycles. The maximum atomic E-state index is 11.1. The third-order valence-electron chi connectivity index (χ3n) is 3.55. The first kappa shape index (κ1) is 14.3. The van der Waals surface area contributed by atoms with Crippen LogP contribution < -0.4 is 0 Å². The summed E-state index contributed by atoms with van der Waals surface area (Å²) >= 11 is 6.11. The molecule has 1 aliphatic rings. The molecule has 0 unspecified atom stereocenters. The van der Waals surface area contributed by atoms with E-state index in [4.69, 9.17) is 16.7 Å². The van der Waals surface area contributed by atoms with Gasteiger partial charge in [-0.25, -0.2) is 4.98 Å². The molecule has 0 spiro atoms. The molecule has 1 aliphatic heterocycles. The highest BCUT2D eigenvalue weighted by atomic mass is 35.5. The Labute approximate surface area is 118 Å². The van der Waals surface area contributed by atoms with Gasteiger partial charge in [0.05, 0.1) is 5.69 Å². The largest absolute Gasteiger partial charge is 0.480 e. The fraction of sp³-hybridized carbons (Fsp3) is 0.692. The topological polar surface area (TPSA) is 69.2 Å². The van der Waals surface area contributed by atoms with Crippen molar-refractivity contribution in [3.63, 3.8) is 0 Å². The fourth-order valence-corrected chi connectivity index (χ4v) is 2.71. The van der Waals surface area contributed by atoms with Crippen molar-refractivity contribution in [2.75, 3.05) is 6.54 Å². The number of carboxylic acids is 1. The van der Waals surface area contributed by atoms with Gasteiger partial charge in [0, 0.05) is 13.0 Å². The van der Waals surface area contributed by atoms with E-state index in [2.05, 4.69) is 16.9 Å². The summed E-state index contributed by atoms with van der Waals surface area (Å²) in [5.41, 5.74) is 0.834. The van der Waals surface area contributed by atoms with Crippen molar-refractivity contribution in [3.05, 3.63) is 16.7 Å². The lowest BCUT2D eigenvalue weighted by Gasteiger charge is -2.20. The van der Waals surface area contributed by atoms with Gasteiger partial charge in [0.25, 0.3) is 0 Å². The number of aromatic nitrogens is 2. The summed E-state index contributed by atoms with van der Waals surface area (Å²) in [5.74, 6) is 0.146. The van der Waals surface area contributed by atoms with Crippen LogP contribution in [0.4, 0.5) is 0 Å². The van der Waals surface area contributed by atoms with Crippen LogP contribution >= 0.6 is 11.6 Å². The molecule has 0 bridgehead atoms. The zero-order chi connectivity index (χ0) is 13.8. The number of carboxylic acid groups (broad SMARTS) is 1. The number of rotatable bonds is 6. The van der Waals surface area contributed by atoms with Crippen LogP contribution in [0, 0.1) is 0 Å². The van der Waals surface area contributed by atoms with Gasteiger partial charge in [0.2, 0.25) is 0 Å². The van der Waals surface area contributed by atoms with Crippen LogP contribution in [0.5, 0.6) is 0 Å². The first-order valence-corrected chi connectivity index (χ1v) is 7.19. The number of hydrogen-bond acceptors (Lipinski definition) is 3. The molecule has 0 saturated carbocycles. The number of imidazole rings is 1. The second kappa shape index (κ2) is 6.39. The number of halogens is 1. The van der Waals surface area contributed by atoms with Crippen LogP contribution in [-0.4, -0.2) is 38.5 Å². The van der Waals surface area contributed by atoms with Gasteiger partial charge < -0.3 is 10.1 Å². The van der Waals surface area contributed by atoms with Crippen molar-refractivity contribution < 1.29 is 9.90 Å². The average molecular weight is 286 g/mol. The van der Waals surface area contributed by atoms with Gasteiger partial charge in [0.15, 0.2) is 5.15 Å². The predicted molar refractivity (Wildman–Crippen MR) is 73.3 cm³/mol. The number of aryl methyl sites for hydroxylation is 1. The average Bonchev–Trinajstić information content (AvgIpc) is 2.95. The highest BCUT2D eigenvalue weighted by molar-refractivity contribution is 6.30. The Kier molecular flexibility index (Phi) is 4.82. The van der Waals surface area contributed by atoms with Crippen LogP contribution in [0.25, 0.3) is 0 Å². The Morgan fingerprint density at radius 2 is 2.42 bits per heavy atom. The van der Waals surface area contributed by atoms with Gasteiger partial charge >= 0.3 is 5.97 Å². The fourth-order valence-electron chi connectivity index (χ4n) is 2.51. The Bertz CT molecular complexity index is 447. The number of carbonyl (C=O) groups is 1. The van der Waals surface area contributed by atoms with E-state index >= 15 is 0 Å². The zero-order valence-electron chi connectivity index (χ0n) is 11.2. The van der Waals surface area contributed by atoms with E-state index in [1.807, 2.05) is 4.90 Å². The lowest BCUT2D eigenvalue weighted by Crippen LogP contribution is -2.35. The molecule has 0 amide bonds. The van der Waals surface area contributed by atoms with Crippen molar-refractivity contribution in [2.24, 2.45) is 0 Å². The van der Waals surface area contributed by atoms with E-state index in [9.17, 15) is 4.79 Å². The maximum absolute atomic E-state index is 11.1. The third-order valence-corrected chi connectivity index (χ3v) is 3.87. The van der Waals surface area contributed by atoms with Gasteiger partial charge in [-0.1, -0.05) is 24.9 Å². The van der Waals surface area contributed by atoms with Gasteiger partial charge in [-0.05, 0) is 25.8 Å².